The topological polar surface area (TPSA) is 46.2 Å². The molecule has 0 spiro atoms. The molecule has 0 bridgehead atoms. The lowest BCUT2D eigenvalue weighted by Gasteiger charge is -2.11. The monoisotopic (exact) mass is 383 g/mol. The lowest BCUT2D eigenvalue weighted by Crippen LogP contribution is -2.15. The van der Waals surface area contributed by atoms with Crippen LogP contribution in [0.1, 0.15) is 26.3 Å². The van der Waals surface area contributed by atoms with Crippen LogP contribution in [-0.4, -0.2) is 11.7 Å². The highest BCUT2D eigenvalue weighted by Gasteiger charge is 2.15. The summed E-state index contributed by atoms with van der Waals surface area (Å²) in [5.41, 5.74) is 2.21. The number of para-hydroxylation sites is 1. The van der Waals surface area contributed by atoms with E-state index in [-0.39, 0.29) is 18.1 Å². The van der Waals surface area contributed by atoms with E-state index in [0.717, 1.165) is 5.56 Å². The Bertz CT molecular complexity index is 955. The molecule has 5 heteroatoms. The standard InChI is InChI=1S/C21H15Cl2NO2/c22-17-11-10-15(13-18(17)23)21(26)24-19-9-5-4-8-16(19)20(25)12-14-6-2-1-3-7-14/h1-11,13H,12H2,(H,24,26). The predicted molar refractivity (Wildman–Crippen MR) is 105 cm³/mol. The van der Waals surface area contributed by atoms with Crippen LogP contribution in [-0.2, 0) is 6.42 Å². The zero-order valence-corrected chi connectivity index (χ0v) is 15.2. The van der Waals surface area contributed by atoms with Crippen molar-refractivity contribution in [3.8, 4) is 0 Å². The Morgan fingerprint density at radius 2 is 1.50 bits per heavy atom. The summed E-state index contributed by atoms with van der Waals surface area (Å²) in [5, 5.41) is 3.45. The molecule has 0 aliphatic heterocycles. The van der Waals surface area contributed by atoms with Gasteiger partial charge in [0.1, 0.15) is 0 Å². The zero-order chi connectivity index (χ0) is 18.5. The molecular weight excluding hydrogens is 369 g/mol. The molecule has 1 amide bonds. The number of ketones is 1. The number of amides is 1. The third kappa shape index (κ3) is 4.31. The lowest BCUT2D eigenvalue weighted by molar-refractivity contribution is 0.0994. The Balaban J connectivity index is 1.81. The van der Waals surface area contributed by atoms with Crippen molar-refractivity contribution < 1.29 is 9.59 Å². The number of halogens is 2. The maximum absolute atomic E-state index is 12.7. The van der Waals surface area contributed by atoms with Crippen LogP contribution in [0.15, 0.2) is 72.8 Å². The van der Waals surface area contributed by atoms with Crippen LogP contribution in [0.5, 0.6) is 0 Å². The van der Waals surface area contributed by atoms with Crippen LogP contribution in [0.2, 0.25) is 10.0 Å². The van der Waals surface area contributed by atoms with Gasteiger partial charge in [0.05, 0.1) is 15.7 Å². The predicted octanol–water partition coefficient (Wildman–Crippen LogP) is 5.67. The van der Waals surface area contributed by atoms with Crippen molar-refractivity contribution in [2.45, 2.75) is 6.42 Å². The fourth-order valence-corrected chi connectivity index (χ4v) is 2.84. The normalized spacial score (nSPS) is 10.4. The Morgan fingerprint density at radius 3 is 2.23 bits per heavy atom. The number of nitrogens with one attached hydrogen (secondary N) is 1. The number of rotatable bonds is 5. The van der Waals surface area contributed by atoms with Gasteiger partial charge in [0, 0.05) is 17.5 Å². The van der Waals surface area contributed by atoms with Gasteiger partial charge < -0.3 is 5.32 Å². The number of hydrogen-bond donors (Lipinski definition) is 1. The summed E-state index contributed by atoms with van der Waals surface area (Å²) in [4.78, 5) is 25.1. The van der Waals surface area contributed by atoms with Crippen LogP contribution in [0.3, 0.4) is 0 Å². The Kier molecular flexibility index (Phi) is 5.71. The van der Waals surface area contributed by atoms with Gasteiger partial charge in [-0.3, -0.25) is 9.59 Å². The quantitative estimate of drug-likeness (QED) is 0.576. The van der Waals surface area contributed by atoms with E-state index in [1.54, 1.807) is 36.4 Å². The van der Waals surface area contributed by atoms with Crippen LogP contribution in [0, 0.1) is 0 Å². The molecule has 0 aromatic heterocycles. The number of benzene rings is 3. The molecular formula is C21H15Cl2NO2. The van der Waals surface area contributed by atoms with E-state index in [9.17, 15) is 9.59 Å². The summed E-state index contributed by atoms with van der Waals surface area (Å²) in [7, 11) is 0. The second-order valence-corrected chi connectivity index (χ2v) is 6.53. The first kappa shape index (κ1) is 18.2. The molecule has 1 N–H and O–H groups in total. The molecule has 0 aliphatic rings. The molecule has 26 heavy (non-hydrogen) atoms. The minimum Gasteiger partial charge on any atom is -0.321 e. The van der Waals surface area contributed by atoms with E-state index in [1.165, 1.54) is 6.07 Å². The summed E-state index contributed by atoms with van der Waals surface area (Å²) in [6.07, 6.45) is 0.264. The fourth-order valence-electron chi connectivity index (χ4n) is 2.54. The van der Waals surface area contributed by atoms with E-state index in [2.05, 4.69) is 5.32 Å². The smallest absolute Gasteiger partial charge is 0.255 e. The molecule has 0 saturated heterocycles. The summed E-state index contributed by atoms with van der Waals surface area (Å²) in [6, 6.07) is 21.1. The Labute approximate surface area is 161 Å². The molecule has 130 valence electrons. The average molecular weight is 384 g/mol. The minimum atomic E-state index is -0.358. The molecule has 0 aliphatic carbocycles. The van der Waals surface area contributed by atoms with Crippen LogP contribution >= 0.6 is 23.2 Å². The highest BCUT2D eigenvalue weighted by molar-refractivity contribution is 6.42. The SMILES string of the molecule is O=C(Nc1ccccc1C(=O)Cc1ccccc1)c1ccc(Cl)c(Cl)c1. The van der Waals surface area contributed by atoms with Gasteiger partial charge in [-0.15, -0.1) is 0 Å². The fraction of sp³-hybridized carbons (Fsp3) is 0.0476. The van der Waals surface area contributed by atoms with Gasteiger partial charge in [-0.1, -0.05) is 65.7 Å². The summed E-state index contributed by atoms with van der Waals surface area (Å²) < 4.78 is 0. The van der Waals surface area contributed by atoms with Gasteiger partial charge in [0.15, 0.2) is 5.78 Å². The first-order valence-electron chi connectivity index (χ1n) is 7.97. The second kappa shape index (κ2) is 8.17. The van der Waals surface area contributed by atoms with Crippen molar-refractivity contribution in [2.24, 2.45) is 0 Å². The van der Waals surface area contributed by atoms with E-state index >= 15 is 0 Å². The Hall–Kier alpha value is -2.62. The second-order valence-electron chi connectivity index (χ2n) is 5.71. The minimum absolute atomic E-state index is 0.0683. The van der Waals surface area contributed by atoms with Crippen molar-refractivity contribution in [1.82, 2.24) is 0 Å². The van der Waals surface area contributed by atoms with Crippen LogP contribution in [0.4, 0.5) is 5.69 Å². The number of anilines is 1. The molecule has 3 aromatic carbocycles. The third-order valence-electron chi connectivity index (χ3n) is 3.86. The van der Waals surface area contributed by atoms with Crippen molar-refractivity contribution >= 4 is 40.6 Å². The number of Topliss-reactive ketones (excluding diaryl/α,β-unsaturated/α-hetero) is 1. The number of carbonyl (C=O) groups is 2. The number of hydrogen-bond acceptors (Lipinski definition) is 2. The molecule has 0 heterocycles. The van der Waals surface area contributed by atoms with Crippen molar-refractivity contribution in [3.63, 3.8) is 0 Å². The van der Waals surface area contributed by atoms with Gasteiger partial charge in [-0.2, -0.15) is 0 Å². The summed E-state index contributed by atoms with van der Waals surface area (Å²) in [5.74, 6) is -0.426. The molecule has 0 unspecified atom stereocenters. The first-order chi connectivity index (χ1) is 12.5. The van der Waals surface area contributed by atoms with Gasteiger partial charge in [-0.05, 0) is 35.9 Å². The van der Waals surface area contributed by atoms with Crippen molar-refractivity contribution in [2.75, 3.05) is 5.32 Å². The molecule has 0 atom stereocenters. The van der Waals surface area contributed by atoms with Crippen LogP contribution in [0.25, 0.3) is 0 Å². The van der Waals surface area contributed by atoms with Crippen LogP contribution < -0.4 is 5.32 Å². The molecule has 3 rings (SSSR count). The lowest BCUT2D eigenvalue weighted by atomic mass is 10.0. The zero-order valence-electron chi connectivity index (χ0n) is 13.7. The van der Waals surface area contributed by atoms with Gasteiger partial charge in [-0.25, -0.2) is 0 Å². The molecule has 3 nitrogen and oxygen atoms in total. The van der Waals surface area contributed by atoms with E-state index in [1.807, 2.05) is 30.3 Å². The first-order valence-corrected chi connectivity index (χ1v) is 8.73. The molecule has 0 radical (unpaired) electrons. The maximum Gasteiger partial charge on any atom is 0.255 e. The van der Waals surface area contributed by atoms with Gasteiger partial charge in [0.25, 0.3) is 5.91 Å². The van der Waals surface area contributed by atoms with E-state index < -0.39 is 0 Å². The highest BCUT2D eigenvalue weighted by atomic mass is 35.5. The third-order valence-corrected chi connectivity index (χ3v) is 4.60. The highest BCUT2D eigenvalue weighted by Crippen LogP contribution is 2.24. The molecule has 3 aromatic rings. The largest absolute Gasteiger partial charge is 0.321 e. The van der Waals surface area contributed by atoms with E-state index in [4.69, 9.17) is 23.2 Å². The molecule has 0 fully saturated rings. The van der Waals surface area contributed by atoms with E-state index in [0.29, 0.717) is 26.9 Å². The number of carbonyl (C=O) groups excluding carboxylic acids is 2. The average Bonchev–Trinajstić information content (AvgIpc) is 2.65. The van der Waals surface area contributed by atoms with Gasteiger partial charge >= 0.3 is 0 Å². The van der Waals surface area contributed by atoms with Crippen molar-refractivity contribution in [1.29, 1.82) is 0 Å². The molecule has 0 saturated carbocycles. The maximum atomic E-state index is 12.7. The van der Waals surface area contributed by atoms with Crippen molar-refractivity contribution in [3.05, 3.63) is 99.5 Å². The summed E-state index contributed by atoms with van der Waals surface area (Å²) >= 11 is 11.8. The van der Waals surface area contributed by atoms with Gasteiger partial charge in [0.2, 0.25) is 0 Å². The summed E-state index contributed by atoms with van der Waals surface area (Å²) in [6.45, 7) is 0. The Morgan fingerprint density at radius 1 is 0.808 bits per heavy atom.